The van der Waals surface area contributed by atoms with Gasteiger partial charge in [0, 0.05) is 22.4 Å². The number of anilines is 1. The summed E-state index contributed by atoms with van der Waals surface area (Å²) in [6.45, 7) is 0. The molecule has 0 spiro atoms. The first-order valence-corrected chi connectivity index (χ1v) is 10.9. The van der Waals surface area contributed by atoms with Crippen LogP contribution in [0.25, 0.3) is 11.0 Å². The van der Waals surface area contributed by atoms with Crippen LogP contribution in [0.2, 0.25) is 0 Å². The second kappa shape index (κ2) is 7.43. The zero-order valence-corrected chi connectivity index (χ0v) is 17.8. The van der Waals surface area contributed by atoms with Crippen molar-refractivity contribution < 1.29 is 9.90 Å². The maximum atomic E-state index is 13.6. The monoisotopic (exact) mass is 431 g/mol. The molecule has 5 nitrogen and oxygen atoms in total. The number of aromatic nitrogens is 2. The number of benzene rings is 4. The molecule has 2 heterocycles. The van der Waals surface area contributed by atoms with E-state index in [9.17, 15) is 9.90 Å². The molecule has 5 heteroatoms. The van der Waals surface area contributed by atoms with Crippen LogP contribution in [-0.4, -0.2) is 21.0 Å². The molecule has 4 aromatic carbocycles. The highest BCUT2D eigenvalue weighted by Crippen LogP contribution is 2.45. The van der Waals surface area contributed by atoms with Gasteiger partial charge in [0.25, 0.3) is 5.91 Å². The topological polar surface area (TPSA) is 69.2 Å². The minimum atomic E-state index is -1.64. The number of nitrogens with zero attached hydrogens (tertiary/aromatic N) is 2. The Labute approximate surface area is 191 Å². The van der Waals surface area contributed by atoms with Gasteiger partial charge in [-0.25, -0.2) is 4.98 Å². The molecule has 0 bridgehead atoms. The molecule has 33 heavy (non-hydrogen) atoms. The van der Waals surface area contributed by atoms with Crippen molar-refractivity contribution in [2.75, 3.05) is 4.90 Å². The molecule has 0 radical (unpaired) electrons. The van der Waals surface area contributed by atoms with E-state index in [2.05, 4.69) is 22.1 Å². The van der Waals surface area contributed by atoms with Crippen molar-refractivity contribution in [1.29, 1.82) is 0 Å². The van der Waals surface area contributed by atoms with Crippen LogP contribution in [0.1, 0.15) is 32.6 Å². The maximum Gasteiger partial charge on any atom is 0.261 e. The lowest BCUT2D eigenvalue weighted by Crippen LogP contribution is -2.45. The van der Waals surface area contributed by atoms with E-state index >= 15 is 0 Å². The molecule has 5 aromatic rings. The van der Waals surface area contributed by atoms with E-state index in [-0.39, 0.29) is 5.91 Å². The Morgan fingerprint density at radius 3 is 2.52 bits per heavy atom. The van der Waals surface area contributed by atoms with E-state index in [0.717, 1.165) is 23.0 Å². The fourth-order valence-electron chi connectivity index (χ4n) is 4.74. The van der Waals surface area contributed by atoms with Crippen LogP contribution < -0.4 is 4.90 Å². The van der Waals surface area contributed by atoms with Gasteiger partial charge in [0.1, 0.15) is 0 Å². The standard InChI is InChI=1S/C28H21N3O2/c32-27-23-11-4-5-12-24(23)28(33,21-13-14-25-26(17-21)30-18-29-25)31(27)22-10-6-9-20(16-22)15-19-7-2-1-3-8-19/h1-14,16-18,33H,15H2,(H,29,30). The highest BCUT2D eigenvalue weighted by Gasteiger charge is 2.50. The van der Waals surface area contributed by atoms with Gasteiger partial charge in [0.05, 0.1) is 17.4 Å². The summed E-state index contributed by atoms with van der Waals surface area (Å²) in [7, 11) is 0. The van der Waals surface area contributed by atoms with Crippen LogP contribution in [-0.2, 0) is 12.1 Å². The third-order valence-electron chi connectivity index (χ3n) is 6.30. The molecule has 1 aliphatic rings. The van der Waals surface area contributed by atoms with Gasteiger partial charge < -0.3 is 10.1 Å². The third kappa shape index (κ3) is 3.05. The van der Waals surface area contributed by atoms with Crippen molar-refractivity contribution in [1.82, 2.24) is 9.97 Å². The normalized spacial score (nSPS) is 17.5. The van der Waals surface area contributed by atoms with E-state index in [4.69, 9.17) is 0 Å². The number of aliphatic hydroxyl groups is 1. The Balaban J connectivity index is 1.50. The predicted molar refractivity (Wildman–Crippen MR) is 128 cm³/mol. The molecule has 1 aliphatic heterocycles. The summed E-state index contributed by atoms with van der Waals surface area (Å²) in [5.74, 6) is -0.227. The molecule has 1 aromatic heterocycles. The average molecular weight is 431 g/mol. The predicted octanol–water partition coefficient (Wildman–Crippen LogP) is 5.01. The summed E-state index contributed by atoms with van der Waals surface area (Å²) in [4.78, 5) is 22.5. The number of rotatable bonds is 4. The van der Waals surface area contributed by atoms with Crippen LogP contribution >= 0.6 is 0 Å². The third-order valence-corrected chi connectivity index (χ3v) is 6.30. The van der Waals surface area contributed by atoms with Crippen LogP contribution in [0.5, 0.6) is 0 Å². The van der Waals surface area contributed by atoms with E-state index < -0.39 is 5.72 Å². The van der Waals surface area contributed by atoms with Gasteiger partial charge in [-0.15, -0.1) is 0 Å². The van der Waals surface area contributed by atoms with Crippen molar-refractivity contribution in [2.24, 2.45) is 0 Å². The van der Waals surface area contributed by atoms with Crippen LogP contribution in [0.4, 0.5) is 5.69 Å². The zero-order chi connectivity index (χ0) is 22.4. The Kier molecular flexibility index (Phi) is 4.38. The lowest BCUT2D eigenvalue weighted by atomic mass is 9.93. The van der Waals surface area contributed by atoms with Gasteiger partial charge in [-0.3, -0.25) is 9.69 Å². The maximum absolute atomic E-state index is 13.6. The second-order valence-corrected chi connectivity index (χ2v) is 8.33. The quantitative estimate of drug-likeness (QED) is 0.420. The Morgan fingerprint density at radius 1 is 0.848 bits per heavy atom. The smallest absolute Gasteiger partial charge is 0.261 e. The fourth-order valence-corrected chi connectivity index (χ4v) is 4.74. The minimum absolute atomic E-state index is 0.227. The lowest BCUT2D eigenvalue weighted by Gasteiger charge is -2.35. The molecule has 0 fully saturated rings. The van der Waals surface area contributed by atoms with E-state index in [1.54, 1.807) is 12.4 Å². The number of imidazole rings is 1. The van der Waals surface area contributed by atoms with Gasteiger partial charge >= 0.3 is 0 Å². The van der Waals surface area contributed by atoms with Crippen LogP contribution in [0, 0.1) is 0 Å². The van der Waals surface area contributed by atoms with Gasteiger partial charge in [0.15, 0.2) is 5.72 Å². The molecule has 0 aliphatic carbocycles. The first kappa shape index (κ1) is 19.5. The summed E-state index contributed by atoms with van der Waals surface area (Å²) in [5.41, 5.74) is 4.54. The molecule has 160 valence electrons. The summed E-state index contributed by atoms with van der Waals surface area (Å²) in [5, 5.41) is 12.2. The number of carbonyl (C=O) groups excluding carboxylic acids is 1. The summed E-state index contributed by atoms with van der Waals surface area (Å²) >= 11 is 0. The number of fused-ring (bicyclic) bond motifs is 2. The first-order valence-electron chi connectivity index (χ1n) is 10.9. The van der Waals surface area contributed by atoms with Crippen molar-refractivity contribution in [2.45, 2.75) is 12.1 Å². The minimum Gasteiger partial charge on any atom is -0.363 e. The van der Waals surface area contributed by atoms with E-state index in [1.165, 1.54) is 10.5 Å². The molecule has 1 atom stereocenters. The lowest BCUT2D eigenvalue weighted by molar-refractivity contribution is 0.0704. The molecule has 0 saturated carbocycles. The van der Waals surface area contributed by atoms with Crippen LogP contribution in [0.15, 0.2) is 103 Å². The molecule has 2 N–H and O–H groups in total. The Hall–Kier alpha value is -4.22. The van der Waals surface area contributed by atoms with Gasteiger partial charge in [-0.1, -0.05) is 66.7 Å². The Morgan fingerprint density at radius 2 is 1.64 bits per heavy atom. The number of hydrogen-bond acceptors (Lipinski definition) is 3. The van der Waals surface area contributed by atoms with Gasteiger partial charge in [0.2, 0.25) is 0 Å². The molecule has 0 saturated heterocycles. The number of nitrogens with one attached hydrogen (secondary N) is 1. The highest BCUT2D eigenvalue weighted by molar-refractivity contribution is 6.12. The highest BCUT2D eigenvalue weighted by atomic mass is 16.3. The largest absolute Gasteiger partial charge is 0.363 e. The molecular formula is C28H21N3O2. The number of hydrogen-bond donors (Lipinski definition) is 2. The summed E-state index contributed by atoms with van der Waals surface area (Å²) in [6.07, 6.45) is 2.36. The fraction of sp³-hybridized carbons (Fsp3) is 0.0714. The van der Waals surface area contributed by atoms with Crippen molar-refractivity contribution in [3.63, 3.8) is 0 Å². The van der Waals surface area contributed by atoms with E-state index in [1.807, 2.05) is 78.9 Å². The van der Waals surface area contributed by atoms with Crippen molar-refractivity contribution in [3.8, 4) is 0 Å². The summed E-state index contributed by atoms with van der Waals surface area (Å²) < 4.78 is 0. The number of carbonyl (C=O) groups is 1. The van der Waals surface area contributed by atoms with Crippen molar-refractivity contribution >= 4 is 22.6 Å². The molecule has 1 unspecified atom stereocenters. The summed E-state index contributed by atoms with van der Waals surface area (Å²) in [6, 6.07) is 30.8. The SMILES string of the molecule is O=C1c2ccccc2C(O)(c2ccc3nc[nH]c3c2)N1c1cccc(Cc2ccccc2)c1. The van der Waals surface area contributed by atoms with Gasteiger partial charge in [-0.05, 0) is 47.9 Å². The van der Waals surface area contributed by atoms with Crippen LogP contribution in [0.3, 0.4) is 0 Å². The van der Waals surface area contributed by atoms with Gasteiger partial charge in [-0.2, -0.15) is 0 Å². The molecule has 1 amide bonds. The molecular weight excluding hydrogens is 410 g/mol. The number of amides is 1. The average Bonchev–Trinajstić information content (AvgIpc) is 3.41. The van der Waals surface area contributed by atoms with Crippen molar-refractivity contribution in [3.05, 3.63) is 131 Å². The number of aromatic amines is 1. The molecule has 6 rings (SSSR count). The van der Waals surface area contributed by atoms with E-state index in [0.29, 0.717) is 22.4 Å². The zero-order valence-electron chi connectivity index (χ0n) is 17.8. The Bertz CT molecular complexity index is 1490. The number of H-pyrrole nitrogens is 1. The first-order chi connectivity index (χ1) is 16.1. The second-order valence-electron chi connectivity index (χ2n) is 8.33.